The molecule has 21 heavy (non-hydrogen) atoms. The Balaban J connectivity index is 1.55. The highest BCUT2D eigenvalue weighted by atomic mass is 32.1. The number of aliphatic imine (C=N–C) groups is 1. The summed E-state index contributed by atoms with van der Waals surface area (Å²) in [6, 6.07) is 4.34. The summed E-state index contributed by atoms with van der Waals surface area (Å²) in [7, 11) is 1.83. The van der Waals surface area contributed by atoms with Crippen molar-refractivity contribution in [2.45, 2.75) is 39.2 Å². The maximum Gasteiger partial charge on any atom is 0.191 e. The number of hydrogen-bond acceptors (Lipinski definition) is 3. The molecule has 1 aromatic rings. The number of thiophene rings is 1. The molecule has 2 rings (SSSR count). The minimum absolute atomic E-state index is 0.853. The van der Waals surface area contributed by atoms with Crippen molar-refractivity contribution in [2.24, 2.45) is 4.99 Å². The fourth-order valence-electron chi connectivity index (χ4n) is 2.65. The third kappa shape index (κ3) is 6.06. The van der Waals surface area contributed by atoms with Gasteiger partial charge < -0.3 is 15.5 Å². The second kappa shape index (κ2) is 9.05. The SMILES string of the molecule is CN=C(NCCCCN1CCCC1)NCc1ccc(C)s1. The van der Waals surface area contributed by atoms with E-state index in [0.29, 0.717) is 0 Å². The average molecular weight is 308 g/mol. The summed E-state index contributed by atoms with van der Waals surface area (Å²) in [6.45, 7) is 7.85. The van der Waals surface area contributed by atoms with E-state index in [2.05, 4.69) is 39.6 Å². The predicted octanol–water partition coefficient (Wildman–Crippen LogP) is 2.60. The van der Waals surface area contributed by atoms with Crippen LogP contribution in [0.25, 0.3) is 0 Å². The first kappa shape index (κ1) is 16.3. The lowest BCUT2D eigenvalue weighted by atomic mass is 10.3. The van der Waals surface area contributed by atoms with Crippen molar-refractivity contribution in [3.05, 3.63) is 21.9 Å². The molecular formula is C16H28N4S. The molecule has 1 aliphatic rings. The Morgan fingerprint density at radius 1 is 1.24 bits per heavy atom. The van der Waals surface area contributed by atoms with E-state index in [1.54, 1.807) is 0 Å². The van der Waals surface area contributed by atoms with Crippen molar-refractivity contribution in [1.82, 2.24) is 15.5 Å². The Morgan fingerprint density at radius 3 is 2.71 bits per heavy atom. The molecule has 0 aliphatic carbocycles. The lowest BCUT2D eigenvalue weighted by Gasteiger charge is -2.15. The number of likely N-dealkylation sites (tertiary alicyclic amines) is 1. The van der Waals surface area contributed by atoms with Gasteiger partial charge in [-0.2, -0.15) is 0 Å². The minimum atomic E-state index is 0.853. The first-order valence-corrected chi connectivity index (χ1v) is 8.82. The van der Waals surface area contributed by atoms with E-state index < -0.39 is 0 Å². The van der Waals surface area contributed by atoms with E-state index in [9.17, 15) is 0 Å². The standard InChI is InChI=1S/C16H28N4S/c1-14-7-8-15(21-14)13-19-16(17-2)18-9-3-4-10-20-11-5-6-12-20/h7-8H,3-6,9-13H2,1-2H3,(H2,17,18,19). The largest absolute Gasteiger partial charge is 0.356 e. The summed E-state index contributed by atoms with van der Waals surface area (Å²) in [5.41, 5.74) is 0. The van der Waals surface area contributed by atoms with Gasteiger partial charge in [0, 0.05) is 23.3 Å². The fraction of sp³-hybridized carbons (Fsp3) is 0.688. The maximum atomic E-state index is 4.27. The number of nitrogens with one attached hydrogen (secondary N) is 2. The van der Waals surface area contributed by atoms with Crippen LogP contribution in [0.15, 0.2) is 17.1 Å². The molecule has 2 heterocycles. The van der Waals surface area contributed by atoms with E-state index in [-0.39, 0.29) is 0 Å². The van der Waals surface area contributed by atoms with Crippen LogP contribution in [0.1, 0.15) is 35.4 Å². The summed E-state index contributed by atoms with van der Waals surface area (Å²) in [6.07, 6.45) is 5.25. The quantitative estimate of drug-likeness (QED) is 0.462. The van der Waals surface area contributed by atoms with Crippen molar-refractivity contribution in [3.8, 4) is 0 Å². The molecule has 1 aromatic heterocycles. The number of guanidine groups is 1. The van der Waals surface area contributed by atoms with Crippen LogP contribution in [0.2, 0.25) is 0 Å². The molecule has 0 saturated carbocycles. The monoisotopic (exact) mass is 308 g/mol. The van der Waals surface area contributed by atoms with Gasteiger partial charge in [0.25, 0.3) is 0 Å². The molecule has 1 aliphatic heterocycles. The molecule has 0 unspecified atom stereocenters. The summed E-state index contributed by atoms with van der Waals surface area (Å²) < 4.78 is 0. The Morgan fingerprint density at radius 2 is 2.05 bits per heavy atom. The molecule has 118 valence electrons. The van der Waals surface area contributed by atoms with Crippen LogP contribution in [0.3, 0.4) is 0 Å². The molecular weight excluding hydrogens is 280 g/mol. The highest BCUT2D eigenvalue weighted by Gasteiger charge is 2.10. The van der Waals surface area contributed by atoms with Gasteiger partial charge in [-0.05, 0) is 64.4 Å². The lowest BCUT2D eigenvalue weighted by Crippen LogP contribution is -2.37. The molecule has 0 aromatic carbocycles. The molecule has 0 amide bonds. The third-order valence-corrected chi connectivity index (χ3v) is 4.84. The Labute approximate surface area is 132 Å². The van der Waals surface area contributed by atoms with Crippen molar-refractivity contribution >= 4 is 17.3 Å². The highest BCUT2D eigenvalue weighted by molar-refractivity contribution is 7.11. The highest BCUT2D eigenvalue weighted by Crippen LogP contribution is 2.14. The van der Waals surface area contributed by atoms with Crippen molar-refractivity contribution in [3.63, 3.8) is 0 Å². The van der Waals surface area contributed by atoms with Gasteiger partial charge in [-0.25, -0.2) is 0 Å². The summed E-state index contributed by atoms with van der Waals surface area (Å²) in [4.78, 5) is 9.56. The van der Waals surface area contributed by atoms with Gasteiger partial charge in [0.15, 0.2) is 5.96 Å². The predicted molar refractivity (Wildman–Crippen MR) is 92.2 cm³/mol. The average Bonchev–Trinajstić information content (AvgIpc) is 3.13. The molecule has 1 saturated heterocycles. The van der Waals surface area contributed by atoms with Crippen LogP contribution < -0.4 is 10.6 Å². The van der Waals surface area contributed by atoms with Crippen molar-refractivity contribution < 1.29 is 0 Å². The molecule has 0 bridgehead atoms. The van der Waals surface area contributed by atoms with Crippen molar-refractivity contribution in [2.75, 3.05) is 33.2 Å². The summed E-state index contributed by atoms with van der Waals surface area (Å²) in [5.74, 6) is 0.905. The molecule has 4 nitrogen and oxygen atoms in total. The van der Waals surface area contributed by atoms with E-state index in [0.717, 1.165) is 19.0 Å². The fourth-order valence-corrected chi connectivity index (χ4v) is 3.48. The molecule has 0 atom stereocenters. The van der Waals surface area contributed by atoms with Crippen molar-refractivity contribution in [1.29, 1.82) is 0 Å². The molecule has 0 radical (unpaired) electrons. The van der Waals surface area contributed by atoms with Crippen LogP contribution >= 0.6 is 11.3 Å². The number of rotatable bonds is 7. The van der Waals surface area contributed by atoms with Gasteiger partial charge in [0.05, 0.1) is 6.54 Å². The first-order valence-electron chi connectivity index (χ1n) is 8.00. The summed E-state index contributed by atoms with van der Waals surface area (Å²) >= 11 is 1.84. The summed E-state index contributed by atoms with van der Waals surface area (Å²) in [5, 5.41) is 6.77. The normalized spacial score (nSPS) is 16.4. The van der Waals surface area contributed by atoms with Crippen LogP contribution in [-0.4, -0.2) is 44.1 Å². The van der Waals surface area contributed by atoms with Gasteiger partial charge in [-0.15, -0.1) is 11.3 Å². The van der Waals surface area contributed by atoms with Crippen LogP contribution in [0.4, 0.5) is 0 Å². The van der Waals surface area contributed by atoms with Crippen LogP contribution in [0.5, 0.6) is 0 Å². The Kier molecular flexibility index (Phi) is 7.03. The minimum Gasteiger partial charge on any atom is -0.356 e. The van der Waals surface area contributed by atoms with E-state index in [1.807, 2.05) is 18.4 Å². The molecule has 2 N–H and O–H groups in total. The van der Waals surface area contributed by atoms with E-state index in [4.69, 9.17) is 0 Å². The smallest absolute Gasteiger partial charge is 0.191 e. The maximum absolute atomic E-state index is 4.27. The number of aryl methyl sites for hydroxylation is 1. The van der Waals surface area contributed by atoms with Gasteiger partial charge in [-0.1, -0.05) is 0 Å². The van der Waals surface area contributed by atoms with Crippen LogP contribution in [-0.2, 0) is 6.54 Å². The molecule has 5 heteroatoms. The number of unbranched alkanes of at least 4 members (excludes halogenated alkanes) is 1. The topological polar surface area (TPSA) is 39.7 Å². The van der Waals surface area contributed by atoms with E-state index in [1.165, 1.54) is 55.1 Å². The zero-order chi connectivity index (χ0) is 14.9. The number of hydrogen-bond donors (Lipinski definition) is 2. The Hall–Kier alpha value is -1.07. The lowest BCUT2D eigenvalue weighted by molar-refractivity contribution is 0.330. The van der Waals surface area contributed by atoms with E-state index >= 15 is 0 Å². The molecule has 1 fully saturated rings. The van der Waals surface area contributed by atoms with Gasteiger partial charge >= 0.3 is 0 Å². The number of nitrogens with zero attached hydrogens (tertiary/aromatic N) is 2. The zero-order valence-corrected chi connectivity index (χ0v) is 14.1. The molecule has 0 spiro atoms. The van der Waals surface area contributed by atoms with Crippen LogP contribution in [0, 0.1) is 6.92 Å². The first-order chi connectivity index (χ1) is 10.3. The van der Waals surface area contributed by atoms with Gasteiger partial charge in [-0.3, -0.25) is 4.99 Å². The second-order valence-corrected chi connectivity index (χ2v) is 6.99. The zero-order valence-electron chi connectivity index (χ0n) is 13.3. The third-order valence-electron chi connectivity index (χ3n) is 3.84. The van der Waals surface area contributed by atoms with Gasteiger partial charge in [0.2, 0.25) is 0 Å². The van der Waals surface area contributed by atoms with Gasteiger partial charge in [0.1, 0.15) is 0 Å². The second-order valence-electron chi connectivity index (χ2n) is 5.62. The Bertz CT molecular complexity index is 435.